The molecular formula is C20H29N3O5S. The van der Waals surface area contributed by atoms with Crippen LogP contribution in [0.2, 0.25) is 0 Å². The summed E-state index contributed by atoms with van der Waals surface area (Å²) in [5.41, 5.74) is 0.570. The van der Waals surface area contributed by atoms with E-state index in [9.17, 15) is 18.0 Å². The highest BCUT2D eigenvalue weighted by Crippen LogP contribution is 2.25. The molecule has 0 radical (unpaired) electrons. The van der Waals surface area contributed by atoms with Gasteiger partial charge < -0.3 is 15.0 Å². The van der Waals surface area contributed by atoms with Crippen LogP contribution in [-0.4, -0.2) is 62.4 Å². The first kappa shape index (κ1) is 21.6. The number of piperidine rings is 2. The lowest BCUT2D eigenvalue weighted by molar-refractivity contribution is -0.149. The molecule has 9 heteroatoms. The van der Waals surface area contributed by atoms with Crippen molar-refractivity contribution < 1.29 is 22.7 Å². The molecular weight excluding hydrogens is 394 g/mol. The minimum Gasteiger partial charge on any atom is -0.466 e. The third-order valence-corrected chi connectivity index (χ3v) is 7.37. The third-order valence-electron chi connectivity index (χ3n) is 5.46. The highest BCUT2D eigenvalue weighted by Gasteiger charge is 2.32. The summed E-state index contributed by atoms with van der Waals surface area (Å²) in [4.78, 5) is 26.1. The van der Waals surface area contributed by atoms with Crippen LogP contribution < -0.4 is 5.32 Å². The van der Waals surface area contributed by atoms with E-state index < -0.39 is 10.0 Å². The number of amides is 2. The van der Waals surface area contributed by atoms with Crippen molar-refractivity contribution in [2.45, 2.75) is 43.9 Å². The van der Waals surface area contributed by atoms with E-state index in [0.717, 1.165) is 32.4 Å². The van der Waals surface area contributed by atoms with E-state index in [1.807, 2.05) is 0 Å². The summed E-state index contributed by atoms with van der Waals surface area (Å²) < 4.78 is 32.2. The molecule has 1 aromatic carbocycles. The number of benzene rings is 1. The van der Waals surface area contributed by atoms with Crippen LogP contribution in [0.15, 0.2) is 29.2 Å². The maximum Gasteiger partial charge on any atom is 0.321 e. The number of esters is 1. The fourth-order valence-electron chi connectivity index (χ4n) is 3.75. The van der Waals surface area contributed by atoms with Gasteiger partial charge in [0.15, 0.2) is 0 Å². The Kier molecular flexibility index (Phi) is 7.13. The van der Waals surface area contributed by atoms with Crippen molar-refractivity contribution in [3.05, 3.63) is 24.3 Å². The zero-order valence-electron chi connectivity index (χ0n) is 16.8. The molecule has 0 saturated carbocycles. The standard InChI is InChI=1S/C20H29N3O5S/c1-2-28-19(24)16-10-14-23(15-11-16)29(26,27)18-8-6-17(7-9-18)21-20(25)22-12-4-3-5-13-22/h6-9,16H,2-5,10-15H2,1H3,(H,21,25). The number of rotatable bonds is 5. The molecule has 2 aliphatic rings. The molecule has 2 aliphatic heterocycles. The number of hydrogen-bond acceptors (Lipinski definition) is 5. The number of likely N-dealkylation sites (tertiary alicyclic amines) is 1. The Balaban J connectivity index is 1.58. The maximum atomic E-state index is 12.9. The van der Waals surface area contributed by atoms with Gasteiger partial charge in [-0.25, -0.2) is 13.2 Å². The summed E-state index contributed by atoms with van der Waals surface area (Å²) in [5, 5.41) is 2.83. The second-order valence-corrected chi connectivity index (χ2v) is 9.37. The Hall–Kier alpha value is -2.13. The SMILES string of the molecule is CCOC(=O)C1CCN(S(=O)(=O)c2ccc(NC(=O)N3CCCCC3)cc2)CC1. The molecule has 0 aromatic heterocycles. The number of nitrogens with zero attached hydrogens (tertiary/aromatic N) is 2. The van der Waals surface area contributed by atoms with Crippen LogP contribution >= 0.6 is 0 Å². The van der Waals surface area contributed by atoms with Gasteiger partial charge in [-0.3, -0.25) is 4.79 Å². The van der Waals surface area contributed by atoms with Crippen molar-refractivity contribution >= 4 is 27.7 Å². The first-order valence-corrected chi connectivity index (χ1v) is 11.7. The minimum absolute atomic E-state index is 0.152. The summed E-state index contributed by atoms with van der Waals surface area (Å²) in [5.74, 6) is -0.493. The quantitative estimate of drug-likeness (QED) is 0.735. The molecule has 0 aliphatic carbocycles. The number of carbonyl (C=O) groups excluding carboxylic acids is 2. The van der Waals surface area contributed by atoms with Crippen molar-refractivity contribution in [1.29, 1.82) is 0 Å². The number of hydrogen-bond donors (Lipinski definition) is 1. The molecule has 2 saturated heterocycles. The summed E-state index contributed by atoms with van der Waals surface area (Å²) in [6.07, 6.45) is 4.09. The predicted molar refractivity (Wildman–Crippen MR) is 109 cm³/mol. The van der Waals surface area contributed by atoms with Crippen molar-refractivity contribution in [3.8, 4) is 0 Å². The topological polar surface area (TPSA) is 96.0 Å². The maximum absolute atomic E-state index is 12.9. The van der Waals surface area contributed by atoms with Crippen LogP contribution in [0.1, 0.15) is 39.0 Å². The molecule has 1 aromatic rings. The van der Waals surface area contributed by atoms with Crippen LogP contribution in [0.3, 0.4) is 0 Å². The molecule has 0 bridgehead atoms. The Bertz CT molecular complexity index is 811. The molecule has 1 N–H and O–H groups in total. The fourth-order valence-corrected chi connectivity index (χ4v) is 5.22. The molecule has 3 rings (SSSR count). The molecule has 2 amide bonds. The smallest absolute Gasteiger partial charge is 0.321 e. The van der Waals surface area contributed by atoms with Gasteiger partial charge in [0.2, 0.25) is 10.0 Å². The predicted octanol–water partition coefficient (Wildman–Crippen LogP) is 2.67. The van der Waals surface area contributed by atoms with Crippen LogP contribution in [0, 0.1) is 5.92 Å². The number of ether oxygens (including phenoxy) is 1. The molecule has 2 heterocycles. The van der Waals surface area contributed by atoms with Crippen LogP contribution in [-0.2, 0) is 19.6 Å². The number of sulfonamides is 1. The lowest BCUT2D eigenvalue weighted by Gasteiger charge is -2.30. The van der Waals surface area contributed by atoms with Crippen LogP contribution in [0.5, 0.6) is 0 Å². The Morgan fingerprint density at radius 2 is 1.66 bits per heavy atom. The van der Waals surface area contributed by atoms with Gasteiger partial charge in [-0.05, 0) is 63.3 Å². The molecule has 0 atom stereocenters. The first-order valence-electron chi connectivity index (χ1n) is 10.2. The molecule has 0 unspecified atom stereocenters. The first-order chi connectivity index (χ1) is 13.9. The summed E-state index contributed by atoms with van der Waals surface area (Å²) >= 11 is 0. The monoisotopic (exact) mass is 423 g/mol. The lowest BCUT2D eigenvalue weighted by atomic mass is 9.98. The highest BCUT2D eigenvalue weighted by molar-refractivity contribution is 7.89. The fraction of sp³-hybridized carbons (Fsp3) is 0.600. The Labute approximate surface area is 172 Å². The van der Waals surface area contributed by atoms with Crippen LogP contribution in [0.25, 0.3) is 0 Å². The Morgan fingerprint density at radius 3 is 2.24 bits per heavy atom. The van der Waals surface area contributed by atoms with Gasteiger partial charge in [0.1, 0.15) is 0 Å². The van der Waals surface area contributed by atoms with Crippen molar-refractivity contribution in [1.82, 2.24) is 9.21 Å². The minimum atomic E-state index is -3.63. The summed E-state index contributed by atoms with van der Waals surface area (Å²) in [6, 6.07) is 6.10. The second-order valence-electron chi connectivity index (χ2n) is 7.43. The number of anilines is 1. The van der Waals surface area contributed by atoms with Crippen molar-refractivity contribution in [3.63, 3.8) is 0 Å². The van der Waals surface area contributed by atoms with E-state index in [1.54, 1.807) is 24.0 Å². The number of nitrogens with one attached hydrogen (secondary N) is 1. The molecule has 8 nitrogen and oxygen atoms in total. The van der Waals surface area contributed by atoms with Gasteiger partial charge >= 0.3 is 12.0 Å². The van der Waals surface area contributed by atoms with Crippen molar-refractivity contribution in [2.75, 3.05) is 38.1 Å². The van der Waals surface area contributed by atoms with E-state index >= 15 is 0 Å². The number of carbonyl (C=O) groups is 2. The van der Waals surface area contributed by atoms with Crippen LogP contribution in [0.4, 0.5) is 10.5 Å². The largest absolute Gasteiger partial charge is 0.466 e. The van der Waals surface area contributed by atoms with Gasteiger partial charge in [-0.1, -0.05) is 0 Å². The number of urea groups is 1. The van der Waals surface area contributed by atoms with Gasteiger partial charge in [-0.2, -0.15) is 4.31 Å². The van der Waals surface area contributed by atoms with E-state index in [0.29, 0.717) is 38.2 Å². The normalized spacial score (nSPS) is 19.0. The Morgan fingerprint density at radius 1 is 1.03 bits per heavy atom. The molecule has 29 heavy (non-hydrogen) atoms. The zero-order valence-corrected chi connectivity index (χ0v) is 17.6. The molecule has 0 spiro atoms. The van der Waals surface area contributed by atoms with E-state index in [4.69, 9.17) is 4.74 Å². The second kappa shape index (κ2) is 9.58. The summed E-state index contributed by atoms with van der Waals surface area (Å²) in [6.45, 7) is 4.17. The van der Waals surface area contributed by atoms with E-state index in [2.05, 4.69) is 5.32 Å². The molecule has 160 valence electrons. The average molecular weight is 424 g/mol. The van der Waals surface area contributed by atoms with Gasteiger partial charge in [0, 0.05) is 31.9 Å². The average Bonchev–Trinajstić information content (AvgIpc) is 2.75. The van der Waals surface area contributed by atoms with Crippen molar-refractivity contribution in [2.24, 2.45) is 5.92 Å². The highest BCUT2D eigenvalue weighted by atomic mass is 32.2. The van der Waals surface area contributed by atoms with E-state index in [1.165, 1.54) is 16.4 Å². The lowest BCUT2D eigenvalue weighted by Crippen LogP contribution is -2.40. The molecule has 2 fully saturated rings. The summed E-state index contributed by atoms with van der Waals surface area (Å²) in [7, 11) is -3.63. The van der Waals surface area contributed by atoms with Gasteiger partial charge in [0.25, 0.3) is 0 Å². The third kappa shape index (κ3) is 5.27. The zero-order chi connectivity index (χ0) is 20.9. The van der Waals surface area contributed by atoms with E-state index in [-0.39, 0.29) is 22.8 Å². The van der Waals surface area contributed by atoms with Gasteiger partial charge in [0.05, 0.1) is 17.4 Å². The van der Waals surface area contributed by atoms with Gasteiger partial charge in [-0.15, -0.1) is 0 Å².